The maximum Gasteiger partial charge on any atom is 0.411 e. The van der Waals surface area contributed by atoms with Gasteiger partial charge in [0.15, 0.2) is 0 Å². The predicted molar refractivity (Wildman–Crippen MR) is 131 cm³/mol. The Labute approximate surface area is 203 Å². The molecule has 0 fully saturated rings. The molecule has 2 rings (SSSR count). The van der Waals surface area contributed by atoms with E-state index in [9.17, 15) is 9.59 Å². The van der Waals surface area contributed by atoms with Crippen LogP contribution in [-0.2, 0) is 27.3 Å². The molecule has 7 nitrogen and oxygen atoms in total. The minimum atomic E-state index is -0.851. The summed E-state index contributed by atoms with van der Waals surface area (Å²) in [5.41, 5.74) is 1.06. The van der Waals surface area contributed by atoms with Crippen molar-refractivity contribution in [2.75, 3.05) is 21.3 Å². The molecule has 2 aromatic rings. The fourth-order valence-corrected chi connectivity index (χ4v) is 3.91. The summed E-state index contributed by atoms with van der Waals surface area (Å²) in [6.45, 7) is 5.61. The molecule has 0 spiro atoms. The number of ether oxygens (including phenoxy) is 2. The summed E-state index contributed by atoms with van der Waals surface area (Å²) in [4.78, 5) is 33.3. The highest BCUT2D eigenvalue weighted by molar-refractivity contribution is 14.1. The zero-order valence-electron chi connectivity index (χ0n) is 19.4. The lowest BCUT2D eigenvalue weighted by Crippen LogP contribution is -2.52. The van der Waals surface area contributed by atoms with Gasteiger partial charge in [0, 0.05) is 20.0 Å². The maximum absolute atomic E-state index is 13.4. The number of hydrogen-bond acceptors (Lipinski definition) is 5. The highest BCUT2D eigenvalue weighted by atomic mass is 127. The number of benzene rings is 2. The number of halogens is 1. The van der Waals surface area contributed by atoms with Crippen LogP contribution in [0, 0.1) is 3.57 Å². The van der Waals surface area contributed by atoms with Crippen LogP contribution in [0.4, 0.5) is 4.79 Å². The van der Waals surface area contributed by atoms with E-state index in [1.54, 1.807) is 27.9 Å². The average molecular weight is 554 g/mol. The van der Waals surface area contributed by atoms with Crippen LogP contribution in [0.3, 0.4) is 0 Å². The number of rotatable bonds is 8. The van der Waals surface area contributed by atoms with E-state index < -0.39 is 17.7 Å². The zero-order valence-corrected chi connectivity index (χ0v) is 21.6. The molecule has 1 unspecified atom stereocenters. The van der Waals surface area contributed by atoms with Gasteiger partial charge in [0.05, 0.1) is 17.8 Å². The Hall–Kier alpha value is -2.33. The number of likely N-dealkylation sites (N-methyl/N-ethyl adjacent to an activating group) is 1. The lowest BCUT2D eigenvalue weighted by atomic mass is 10.0. The molecular weight excluding hydrogens is 523 g/mol. The smallest absolute Gasteiger partial charge is 0.411 e. The van der Waals surface area contributed by atoms with Crippen LogP contribution in [0.25, 0.3) is 0 Å². The van der Waals surface area contributed by atoms with Crippen LogP contribution < -0.4 is 4.74 Å². The van der Waals surface area contributed by atoms with Crippen molar-refractivity contribution < 1.29 is 23.9 Å². The molecular formula is C24H31IN2O5. The van der Waals surface area contributed by atoms with Gasteiger partial charge in [0.2, 0.25) is 0 Å². The summed E-state index contributed by atoms with van der Waals surface area (Å²) in [7, 11) is 4.55. The summed E-state index contributed by atoms with van der Waals surface area (Å²) in [5, 5.41) is 1.14. The quantitative estimate of drug-likeness (QED) is 0.351. The van der Waals surface area contributed by atoms with Crippen LogP contribution in [0.1, 0.15) is 31.9 Å². The molecule has 0 N–H and O–H groups in total. The van der Waals surface area contributed by atoms with Crippen molar-refractivity contribution in [2.24, 2.45) is 0 Å². The monoisotopic (exact) mass is 554 g/mol. The van der Waals surface area contributed by atoms with E-state index in [4.69, 9.17) is 14.3 Å². The Morgan fingerprint density at radius 1 is 1.03 bits per heavy atom. The van der Waals surface area contributed by atoms with Gasteiger partial charge in [0.25, 0.3) is 5.91 Å². The third kappa shape index (κ3) is 7.09. The molecule has 1 atom stereocenters. The van der Waals surface area contributed by atoms with E-state index in [2.05, 4.69) is 22.6 Å². The van der Waals surface area contributed by atoms with Crippen molar-refractivity contribution >= 4 is 34.6 Å². The van der Waals surface area contributed by atoms with Crippen LogP contribution in [0.2, 0.25) is 0 Å². The van der Waals surface area contributed by atoms with E-state index in [1.165, 1.54) is 19.1 Å². The molecule has 8 heteroatoms. The minimum Gasteiger partial charge on any atom is -0.496 e. The van der Waals surface area contributed by atoms with Gasteiger partial charge in [-0.3, -0.25) is 14.5 Å². The van der Waals surface area contributed by atoms with Gasteiger partial charge < -0.3 is 9.47 Å². The third-order valence-electron chi connectivity index (χ3n) is 4.75. The molecule has 0 aliphatic rings. The highest BCUT2D eigenvalue weighted by Gasteiger charge is 2.35. The molecule has 0 saturated heterocycles. The molecule has 0 aliphatic heterocycles. The molecule has 0 heterocycles. The van der Waals surface area contributed by atoms with Gasteiger partial charge >= 0.3 is 6.09 Å². The van der Waals surface area contributed by atoms with Crippen molar-refractivity contribution in [2.45, 2.75) is 45.4 Å². The lowest BCUT2D eigenvalue weighted by Gasteiger charge is -2.34. The third-order valence-corrected chi connectivity index (χ3v) is 5.97. The van der Waals surface area contributed by atoms with Crippen molar-refractivity contribution in [1.82, 2.24) is 9.96 Å². The first kappa shape index (κ1) is 25.9. The second-order valence-corrected chi connectivity index (χ2v) is 9.34. The summed E-state index contributed by atoms with van der Waals surface area (Å²) in [5.74, 6) is 0.356. The maximum atomic E-state index is 13.4. The summed E-state index contributed by atoms with van der Waals surface area (Å²) in [6, 6.07) is 14.3. The molecule has 0 aliphatic carbocycles. The summed E-state index contributed by atoms with van der Waals surface area (Å²) < 4.78 is 12.0. The van der Waals surface area contributed by atoms with Gasteiger partial charge in [0.1, 0.15) is 17.4 Å². The molecule has 32 heavy (non-hydrogen) atoms. The van der Waals surface area contributed by atoms with E-state index in [0.717, 1.165) is 19.8 Å². The Kier molecular flexibility index (Phi) is 9.33. The van der Waals surface area contributed by atoms with Crippen LogP contribution in [-0.4, -0.2) is 54.9 Å². The Morgan fingerprint density at radius 3 is 2.25 bits per heavy atom. The van der Waals surface area contributed by atoms with E-state index in [0.29, 0.717) is 5.75 Å². The second kappa shape index (κ2) is 11.5. The highest BCUT2D eigenvalue weighted by Crippen LogP contribution is 2.27. The molecule has 2 aromatic carbocycles. The standard InChI is InChI=1S/C24H31IN2O5/c1-24(2,3)32-23(29)27(16-17-11-8-7-9-12-17)19(22(28)26(4)31-6)15-18-13-10-14-20(30-5)21(18)25/h7-14,19H,15-16H2,1-6H3. The fraction of sp³-hybridized carbons (Fsp3) is 0.417. The fourth-order valence-electron chi connectivity index (χ4n) is 3.11. The van der Waals surface area contributed by atoms with Gasteiger partial charge in [-0.05, 0) is 60.6 Å². The molecule has 0 saturated carbocycles. The predicted octanol–water partition coefficient (Wildman–Crippen LogP) is 4.67. The Bertz CT molecular complexity index is 914. The van der Waals surface area contributed by atoms with E-state index in [-0.39, 0.29) is 18.9 Å². The Balaban J connectivity index is 2.52. The minimum absolute atomic E-state index is 0.213. The number of nitrogens with zero attached hydrogens (tertiary/aromatic N) is 2. The molecule has 174 valence electrons. The molecule has 2 amide bonds. The van der Waals surface area contributed by atoms with Crippen LogP contribution in [0.5, 0.6) is 5.75 Å². The first-order valence-corrected chi connectivity index (χ1v) is 11.3. The lowest BCUT2D eigenvalue weighted by molar-refractivity contribution is -0.174. The van der Waals surface area contributed by atoms with Crippen molar-refractivity contribution in [1.29, 1.82) is 0 Å². The number of hydrogen-bond donors (Lipinski definition) is 0. The number of carbonyl (C=O) groups is 2. The molecule has 0 aromatic heterocycles. The number of methoxy groups -OCH3 is 1. The first-order chi connectivity index (χ1) is 15.1. The number of amides is 2. The van der Waals surface area contributed by atoms with Gasteiger partial charge in [-0.25, -0.2) is 9.86 Å². The SMILES string of the molecule is COc1cccc(CC(C(=O)N(C)OC)N(Cc2ccccc2)C(=O)OC(C)(C)C)c1I. The summed E-state index contributed by atoms with van der Waals surface area (Å²) in [6.07, 6.45) is -0.296. The largest absolute Gasteiger partial charge is 0.496 e. The zero-order chi connectivity index (χ0) is 23.9. The van der Waals surface area contributed by atoms with Gasteiger partial charge in [-0.15, -0.1) is 0 Å². The van der Waals surface area contributed by atoms with Gasteiger partial charge in [-0.2, -0.15) is 0 Å². The normalized spacial score (nSPS) is 12.1. The topological polar surface area (TPSA) is 68.3 Å². The average Bonchev–Trinajstić information content (AvgIpc) is 2.75. The number of carbonyl (C=O) groups excluding carboxylic acids is 2. The first-order valence-electron chi connectivity index (χ1n) is 10.2. The molecule has 0 radical (unpaired) electrons. The summed E-state index contributed by atoms with van der Waals surface area (Å²) >= 11 is 2.20. The van der Waals surface area contributed by atoms with Crippen molar-refractivity contribution in [3.8, 4) is 5.75 Å². The van der Waals surface area contributed by atoms with Gasteiger partial charge in [-0.1, -0.05) is 42.5 Å². The Morgan fingerprint density at radius 2 is 1.69 bits per heavy atom. The van der Waals surface area contributed by atoms with E-state index in [1.807, 2.05) is 48.5 Å². The van der Waals surface area contributed by atoms with Crippen molar-refractivity contribution in [3.05, 3.63) is 63.2 Å². The van der Waals surface area contributed by atoms with Crippen LogP contribution in [0.15, 0.2) is 48.5 Å². The molecule has 0 bridgehead atoms. The second-order valence-electron chi connectivity index (χ2n) is 8.27. The van der Waals surface area contributed by atoms with E-state index >= 15 is 0 Å². The number of hydroxylamine groups is 2. The van der Waals surface area contributed by atoms with Crippen LogP contribution >= 0.6 is 22.6 Å². The van der Waals surface area contributed by atoms with Crippen molar-refractivity contribution in [3.63, 3.8) is 0 Å².